The van der Waals surface area contributed by atoms with E-state index in [-0.39, 0.29) is 0 Å². The Hall–Kier alpha value is -0.670. The van der Waals surface area contributed by atoms with Crippen LogP contribution in [0.4, 0.5) is 5.69 Å². The molecule has 0 radical (unpaired) electrons. The zero-order chi connectivity index (χ0) is 8.10. The molecular weight excluding hydrogens is 156 g/mol. The molecule has 0 aliphatic rings. The van der Waals surface area contributed by atoms with Crippen molar-refractivity contribution in [2.45, 2.75) is 13.3 Å². The molecule has 0 saturated heterocycles. The summed E-state index contributed by atoms with van der Waals surface area (Å²) in [5.41, 5.74) is 2.40. The number of hydrogen-bond donors (Lipinski definition) is 2. The van der Waals surface area contributed by atoms with Crippen LogP contribution in [0.5, 0.6) is 0 Å². The molecule has 0 heterocycles. The Balaban J connectivity index is 2.66. The third-order valence-corrected chi connectivity index (χ3v) is 1.89. The van der Waals surface area contributed by atoms with Crippen molar-refractivity contribution in [2.24, 2.45) is 5.14 Å². The molecule has 1 rings (SSSR count). The Bertz CT molecular complexity index is 208. The largest absolute Gasteiger partial charge is 0.317 e. The quantitative estimate of drug-likeness (QED) is 0.679. The van der Waals surface area contributed by atoms with Gasteiger partial charge < -0.3 is 4.72 Å². The fourth-order valence-corrected chi connectivity index (χ4v) is 1.15. The van der Waals surface area contributed by atoms with Crippen LogP contribution in [0.1, 0.15) is 12.5 Å². The van der Waals surface area contributed by atoms with E-state index in [1.807, 2.05) is 12.1 Å². The van der Waals surface area contributed by atoms with Gasteiger partial charge in [-0.1, -0.05) is 19.1 Å². The molecule has 0 aromatic heterocycles. The molecule has 1 aromatic rings. The van der Waals surface area contributed by atoms with Gasteiger partial charge in [0.2, 0.25) is 0 Å². The first-order valence-corrected chi connectivity index (χ1v) is 4.45. The summed E-state index contributed by atoms with van der Waals surface area (Å²) in [7, 11) is 0. The zero-order valence-electron chi connectivity index (χ0n) is 6.50. The van der Waals surface area contributed by atoms with Crippen LogP contribution >= 0.6 is 12.1 Å². The minimum absolute atomic E-state index is 1.05. The van der Waals surface area contributed by atoms with Gasteiger partial charge >= 0.3 is 0 Å². The van der Waals surface area contributed by atoms with Crippen LogP contribution in [0.25, 0.3) is 0 Å². The summed E-state index contributed by atoms with van der Waals surface area (Å²) in [4.78, 5) is 0. The Morgan fingerprint density at radius 3 is 2.45 bits per heavy atom. The number of anilines is 1. The number of nitrogens with two attached hydrogens (primary N) is 1. The molecule has 1 aromatic carbocycles. The first-order chi connectivity index (χ1) is 5.36. The molecule has 0 atom stereocenters. The SMILES string of the molecule is CCc1ccc(NSN)cc1. The molecule has 0 aliphatic heterocycles. The molecule has 0 amide bonds. The van der Waals surface area contributed by atoms with Gasteiger partial charge in [0, 0.05) is 17.8 Å². The van der Waals surface area contributed by atoms with Gasteiger partial charge in [0.05, 0.1) is 0 Å². The summed E-state index contributed by atoms with van der Waals surface area (Å²) in [6.07, 6.45) is 1.08. The molecule has 11 heavy (non-hydrogen) atoms. The lowest BCUT2D eigenvalue weighted by atomic mass is 10.2. The molecule has 0 spiro atoms. The second-order valence-corrected chi connectivity index (χ2v) is 2.71. The van der Waals surface area contributed by atoms with Crippen molar-refractivity contribution in [1.29, 1.82) is 0 Å². The summed E-state index contributed by atoms with van der Waals surface area (Å²) in [6.45, 7) is 2.14. The molecule has 3 N–H and O–H groups in total. The van der Waals surface area contributed by atoms with Gasteiger partial charge in [0.15, 0.2) is 0 Å². The van der Waals surface area contributed by atoms with Gasteiger partial charge in [-0.05, 0) is 24.1 Å². The van der Waals surface area contributed by atoms with Crippen molar-refractivity contribution in [3.05, 3.63) is 29.8 Å². The molecule has 60 valence electrons. The molecule has 0 saturated carbocycles. The fourth-order valence-electron chi connectivity index (χ4n) is 0.877. The standard InChI is InChI=1S/C8H12N2S/c1-2-7-3-5-8(6-4-7)10-11-9/h3-6,10H,2,9H2,1H3. The average molecular weight is 168 g/mol. The second kappa shape index (κ2) is 4.26. The van der Waals surface area contributed by atoms with Crippen LogP contribution in [-0.2, 0) is 6.42 Å². The number of hydrogen-bond acceptors (Lipinski definition) is 3. The minimum atomic E-state index is 1.05. The topological polar surface area (TPSA) is 38.0 Å². The molecular formula is C8H12N2S. The van der Waals surface area contributed by atoms with Crippen LogP contribution in [0, 0.1) is 0 Å². The van der Waals surface area contributed by atoms with Crippen LogP contribution in [-0.4, -0.2) is 0 Å². The second-order valence-electron chi connectivity index (χ2n) is 2.27. The Labute approximate surface area is 71.4 Å². The van der Waals surface area contributed by atoms with Gasteiger partial charge in [-0.15, -0.1) is 0 Å². The lowest BCUT2D eigenvalue weighted by molar-refractivity contribution is 1.14. The van der Waals surface area contributed by atoms with Crippen molar-refractivity contribution in [2.75, 3.05) is 4.72 Å². The van der Waals surface area contributed by atoms with Crippen molar-refractivity contribution < 1.29 is 0 Å². The van der Waals surface area contributed by atoms with Crippen molar-refractivity contribution in [1.82, 2.24) is 0 Å². The number of nitrogens with one attached hydrogen (secondary N) is 1. The molecule has 0 aliphatic carbocycles. The van der Waals surface area contributed by atoms with E-state index in [0.29, 0.717) is 0 Å². The van der Waals surface area contributed by atoms with E-state index in [2.05, 4.69) is 23.8 Å². The highest BCUT2D eigenvalue weighted by molar-refractivity contribution is 7.98. The van der Waals surface area contributed by atoms with E-state index in [1.165, 1.54) is 5.56 Å². The normalized spacial score (nSPS) is 9.64. The number of benzene rings is 1. The Kier molecular flexibility index (Phi) is 3.26. The van der Waals surface area contributed by atoms with E-state index in [4.69, 9.17) is 5.14 Å². The van der Waals surface area contributed by atoms with Gasteiger partial charge in [-0.25, -0.2) is 0 Å². The molecule has 0 bridgehead atoms. The van der Waals surface area contributed by atoms with Crippen molar-refractivity contribution in [3.8, 4) is 0 Å². The van der Waals surface area contributed by atoms with Crippen molar-refractivity contribution >= 4 is 17.8 Å². The summed E-state index contributed by atoms with van der Waals surface area (Å²) < 4.78 is 2.95. The maximum atomic E-state index is 5.24. The highest BCUT2D eigenvalue weighted by Gasteiger charge is 1.89. The summed E-state index contributed by atoms with van der Waals surface area (Å²) in [5, 5.41) is 5.24. The highest BCUT2D eigenvalue weighted by atomic mass is 32.2. The lowest BCUT2D eigenvalue weighted by Gasteiger charge is -2.01. The number of rotatable bonds is 3. The summed E-state index contributed by atoms with van der Waals surface area (Å²) >= 11 is 1.12. The van der Waals surface area contributed by atoms with E-state index in [1.54, 1.807) is 0 Å². The third kappa shape index (κ3) is 2.44. The van der Waals surface area contributed by atoms with Crippen LogP contribution in [0.3, 0.4) is 0 Å². The van der Waals surface area contributed by atoms with Gasteiger partial charge in [0.1, 0.15) is 0 Å². The first kappa shape index (κ1) is 8.43. The van der Waals surface area contributed by atoms with Crippen molar-refractivity contribution in [3.63, 3.8) is 0 Å². The van der Waals surface area contributed by atoms with E-state index >= 15 is 0 Å². The summed E-state index contributed by atoms with van der Waals surface area (Å²) in [5.74, 6) is 0. The Morgan fingerprint density at radius 2 is 2.00 bits per heavy atom. The Morgan fingerprint density at radius 1 is 1.36 bits per heavy atom. The van der Waals surface area contributed by atoms with E-state index in [9.17, 15) is 0 Å². The minimum Gasteiger partial charge on any atom is -0.317 e. The highest BCUT2D eigenvalue weighted by Crippen LogP contribution is 2.11. The smallest absolute Gasteiger partial charge is 0.0452 e. The predicted octanol–water partition coefficient (Wildman–Crippen LogP) is 2.18. The maximum absolute atomic E-state index is 5.24. The van der Waals surface area contributed by atoms with Gasteiger partial charge in [-0.3, -0.25) is 5.14 Å². The first-order valence-electron chi connectivity index (χ1n) is 3.57. The molecule has 0 unspecified atom stereocenters. The van der Waals surface area contributed by atoms with Gasteiger partial charge in [0.25, 0.3) is 0 Å². The average Bonchev–Trinajstić information content (AvgIpc) is 2.07. The van der Waals surface area contributed by atoms with Crippen LogP contribution < -0.4 is 9.86 Å². The molecule has 0 fully saturated rings. The van der Waals surface area contributed by atoms with E-state index in [0.717, 1.165) is 24.2 Å². The third-order valence-electron chi connectivity index (χ3n) is 1.54. The fraction of sp³-hybridized carbons (Fsp3) is 0.250. The van der Waals surface area contributed by atoms with E-state index < -0.39 is 0 Å². The number of aryl methyl sites for hydroxylation is 1. The summed E-state index contributed by atoms with van der Waals surface area (Å²) in [6, 6.07) is 8.24. The molecule has 2 nitrogen and oxygen atoms in total. The van der Waals surface area contributed by atoms with Gasteiger partial charge in [-0.2, -0.15) is 0 Å². The monoisotopic (exact) mass is 168 g/mol. The zero-order valence-corrected chi connectivity index (χ0v) is 7.32. The predicted molar refractivity (Wildman–Crippen MR) is 51.2 cm³/mol. The van der Waals surface area contributed by atoms with Crippen LogP contribution in [0.2, 0.25) is 0 Å². The maximum Gasteiger partial charge on any atom is 0.0452 e. The van der Waals surface area contributed by atoms with Crippen LogP contribution in [0.15, 0.2) is 24.3 Å². The molecule has 3 heteroatoms. The lowest BCUT2D eigenvalue weighted by Crippen LogP contribution is -1.91.